The molecular formula is C16H24N2O4. The van der Waals surface area contributed by atoms with Gasteiger partial charge in [0.2, 0.25) is 0 Å². The maximum absolute atomic E-state index is 12.0. The molecule has 0 unspecified atom stereocenters. The fourth-order valence-electron chi connectivity index (χ4n) is 1.55. The van der Waals surface area contributed by atoms with Crippen molar-refractivity contribution in [1.29, 1.82) is 0 Å². The van der Waals surface area contributed by atoms with Gasteiger partial charge in [-0.05, 0) is 40.2 Å². The summed E-state index contributed by atoms with van der Waals surface area (Å²) in [7, 11) is 0. The molecule has 0 aliphatic rings. The zero-order valence-electron chi connectivity index (χ0n) is 13.8. The SMILES string of the molecule is CC(C)N(NC(=O)OCc1ccccc1)C(=O)OC(C)(C)C. The van der Waals surface area contributed by atoms with Gasteiger partial charge in [0.1, 0.15) is 12.2 Å². The molecule has 6 heteroatoms. The van der Waals surface area contributed by atoms with Crippen molar-refractivity contribution in [3.05, 3.63) is 35.9 Å². The van der Waals surface area contributed by atoms with Crippen LogP contribution >= 0.6 is 0 Å². The number of carbonyl (C=O) groups is 2. The lowest BCUT2D eigenvalue weighted by molar-refractivity contribution is 0.00393. The Morgan fingerprint density at radius 1 is 1.18 bits per heavy atom. The third-order valence-electron chi connectivity index (χ3n) is 2.53. The monoisotopic (exact) mass is 308 g/mol. The minimum absolute atomic E-state index is 0.132. The molecule has 2 amide bonds. The molecule has 0 radical (unpaired) electrons. The van der Waals surface area contributed by atoms with Crippen LogP contribution < -0.4 is 5.43 Å². The molecule has 1 N–H and O–H groups in total. The smallest absolute Gasteiger partial charge is 0.429 e. The number of carbonyl (C=O) groups excluding carboxylic acids is 2. The Hall–Kier alpha value is -2.24. The summed E-state index contributed by atoms with van der Waals surface area (Å²) < 4.78 is 10.3. The first kappa shape index (κ1) is 17.8. The molecule has 0 atom stereocenters. The van der Waals surface area contributed by atoms with E-state index in [1.165, 1.54) is 0 Å². The highest BCUT2D eigenvalue weighted by molar-refractivity contribution is 5.74. The lowest BCUT2D eigenvalue weighted by atomic mass is 10.2. The van der Waals surface area contributed by atoms with Gasteiger partial charge in [0.25, 0.3) is 0 Å². The molecule has 1 rings (SSSR count). The number of ether oxygens (including phenoxy) is 2. The van der Waals surface area contributed by atoms with Gasteiger partial charge in [-0.2, -0.15) is 0 Å². The molecule has 22 heavy (non-hydrogen) atoms. The molecule has 0 spiro atoms. The van der Waals surface area contributed by atoms with Gasteiger partial charge in [0.15, 0.2) is 0 Å². The summed E-state index contributed by atoms with van der Waals surface area (Å²) in [6, 6.07) is 9.03. The molecule has 0 bridgehead atoms. The van der Waals surface area contributed by atoms with Crippen LogP contribution in [0.3, 0.4) is 0 Å². The van der Waals surface area contributed by atoms with Crippen molar-refractivity contribution in [1.82, 2.24) is 10.4 Å². The van der Waals surface area contributed by atoms with E-state index in [-0.39, 0.29) is 12.6 Å². The summed E-state index contributed by atoms with van der Waals surface area (Å²) in [5, 5.41) is 1.11. The Kier molecular flexibility index (Phi) is 6.22. The van der Waals surface area contributed by atoms with E-state index in [1.54, 1.807) is 34.6 Å². The standard InChI is InChI=1S/C16H24N2O4/c1-12(2)18(15(20)22-16(3,4)5)17-14(19)21-11-13-9-7-6-8-10-13/h6-10,12H,11H2,1-5H3,(H,17,19). The van der Waals surface area contributed by atoms with Crippen LogP contribution in [0.5, 0.6) is 0 Å². The third-order valence-corrected chi connectivity index (χ3v) is 2.53. The highest BCUT2D eigenvalue weighted by Gasteiger charge is 2.26. The van der Waals surface area contributed by atoms with E-state index >= 15 is 0 Å². The highest BCUT2D eigenvalue weighted by Crippen LogP contribution is 2.10. The van der Waals surface area contributed by atoms with Crippen LogP contribution in [0.15, 0.2) is 30.3 Å². The minimum atomic E-state index is -0.705. The first-order valence-electron chi connectivity index (χ1n) is 7.18. The lowest BCUT2D eigenvalue weighted by Gasteiger charge is -2.29. The first-order valence-corrected chi connectivity index (χ1v) is 7.18. The van der Waals surface area contributed by atoms with Crippen molar-refractivity contribution in [2.75, 3.05) is 0 Å². The van der Waals surface area contributed by atoms with E-state index in [4.69, 9.17) is 9.47 Å². The quantitative estimate of drug-likeness (QED) is 0.868. The molecular weight excluding hydrogens is 284 g/mol. The molecule has 0 aliphatic carbocycles. The highest BCUT2D eigenvalue weighted by atomic mass is 16.6. The first-order chi connectivity index (χ1) is 10.2. The number of benzene rings is 1. The number of rotatable bonds is 3. The molecule has 0 heterocycles. The van der Waals surface area contributed by atoms with Gasteiger partial charge in [0, 0.05) is 0 Å². The zero-order valence-corrected chi connectivity index (χ0v) is 13.8. The maximum atomic E-state index is 12.0. The summed E-state index contributed by atoms with van der Waals surface area (Å²) in [6.07, 6.45) is -1.33. The second-order valence-corrected chi connectivity index (χ2v) is 6.12. The summed E-state index contributed by atoms with van der Waals surface area (Å²) in [4.78, 5) is 23.9. The Morgan fingerprint density at radius 2 is 1.77 bits per heavy atom. The van der Waals surface area contributed by atoms with Gasteiger partial charge in [-0.15, -0.1) is 0 Å². The summed E-state index contributed by atoms with van der Waals surface area (Å²) in [5.74, 6) is 0. The van der Waals surface area contributed by atoms with E-state index in [9.17, 15) is 9.59 Å². The summed E-state index contributed by atoms with van der Waals surface area (Å²) in [6.45, 7) is 8.95. The third kappa shape index (κ3) is 6.47. The Morgan fingerprint density at radius 3 is 2.27 bits per heavy atom. The molecule has 6 nitrogen and oxygen atoms in total. The fourth-order valence-corrected chi connectivity index (χ4v) is 1.55. The Bertz CT molecular complexity index is 495. The maximum Gasteiger partial charge on any atom is 0.429 e. The minimum Gasteiger partial charge on any atom is -0.443 e. The predicted octanol–water partition coefficient (Wildman–Crippen LogP) is 3.47. The van der Waals surface area contributed by atoms with Crippen LogP contribution in [0, 0.1) is 0 Å². The molecule has 0 saturated heterocycles. The van der Waals surface area contributed by atoms with Gasteiger partial charge in [0.05, 0.1) is 6.04 Å². The predicted molar refractivity (Wildman–Crippen MR) is 83.0 cm³/mol. The van der Waals surface area contributed by atoms with E-state index < -0.39 is 17.8 Å². The zero-order chi connectivity index (χ0) is 16.8. The number of nitrogens with zero attached hydrogens (tertiary/aromatic N) is 1. The van der Waals surface area contributed by atoms with E-state index in [1.807, 2.05) is 30.3 Å². The Balaban J connectivity index is 2.55. The normalized spacial score (nSPS) is 11.0. The largest absolute Gasteiger partial charge is 0.443 e. The average Bonchev–Trinajstić information content (AvgIpc) is 2.41. The van der Waals surface area contributed by atoms with E-state index in [0.717, 1.165) is 10.6 Å². The molecule has 0 saturated carbocycles. The second-order valence-electron chi connectivity index (χ2n) is 6.12. The molecule has 122 valence electrons. The number of hydrogen-bond acceptors (Lipinski definition) is 4. The molecule has 0 aliphatic heterocycles. The fraction of sp³-hybridized carbons (Fsp3) is 0.500. The van der Waals surface area contributed by atoms with Crippen molar-refractivity contribution in [3.8, 4) is 0 Å². The summed E-state index contributed by atoms with van der Waals surface area (Å²) >= 11 is 0. The second kappa shape index (κ2) is 7.68. The topological polar surface area (TPSA) is 67.9 Å². The number of hydrazine groups is 1. The number of amides is 2. The molecule has 0 fully saturated rings. The van der Waals surface area contributed by atoms with Gasteiger partial charge < -0.3 is 9.47 Å². The van der Waals surface area contributed by atoms with Crippen molar-refractivity contribution in [2.24, 2.45) is 0 Å². The van der Waals surface area contributed by atoms with Crippen LogP contribution in [-0.4, -0.2) is 28.8 Å². The molecule has 1 aromatic carbocycles. The van der Waals surface area contributed by atoms with Crippen molar-refractivity contribution < 1.29 is 19.1 Å². The van der Waals surface area contributed by atoms with Crippen molar-refractivity contribution in [2.45, 2.75) is 52.9 Å². The Labute approximate surface area is 131 Å². The van der Waals surface area contributed by atoms with Crippen molar-refractivity contribution in [3.63, 3.8) is 0 Å². The molecule has 1 aromatic rings. The van der Waals surface area contributed by atoms with Crippen LogP contribution in [0.1, 0.15) is 40.2 Å². The molecule has 0 aromatic heterocycles. The average molecular weight is 308 g/mol. The van der Waals surface area contributed by atoms with Gasteiger partial charge in [-0.3, -0.25) is 0 Å². The number of hydrogen-bond donors (Lipinski definition) is 1. The van der Waals surface area contributed by atoms with Gasteiger partial charge >= 0.3 is 12.2 Å². The van der Waals surface area contributed by atoms with Crippen LogP contribution in [0.25, 0.3) is 0 Å². The van der Waals surface area contributed by atoms with Crippen molar-refractivity contribution >= 4 is 12.2 Å². The van der Waals surface area contributed by atoms with Crippen LogP contribution in [-0.2, 0) is 16.1 Å². The van der Waals surface area contributed by atoms with E-state index in [2.05, 4.69) is 5.43 Å². The van der Waals surface area contributed by atoms with Gasteiger partial charge in [-0.25, -0.2) is 20.0 Å². The van der Waals surface area contributed by atoms with Crippen LogP contribution in [0.4, 0.5) is 9.59 Å². The van der Waals surface area contributed by atoms with Gasteiger partial charge in [-0.1, -0.05) is 30.3 Å². The summed E-state index contributed by atoms with van der Waals surface area (Å²) in [5.41, 5.74) is 2.63. The van der Waals surface area contributed by atoms with E-state index in [0.29, 0.717) is 0 Å². The number of nitrogens with one attached hydrogen (secondary N) is 1. The lowest BCUT2D eigenvalue weighted by Crippen LogP contribution is -2.51. The van der Waals surface area contributed by atoms with Crippen LogP contribution in [0.2, 0.25) is 0 Å².